The molecule has 0 heterocycles. The van der Waals surface area contributed by atoms with E-state index in [-0.39, 0.29) is 6.04 Å². The number of nitrogens with zero attached hydrogens (tertiary/aromatic N) is 1. The molecular weight excluding hydrogens is 248 g/mol. The van der Waals surface area contributed by atoms with Gasteiger partial charge >= 0.3 is 0 Å². The van der Waals surface area contributed by atoms with Crippen molar-refractivity contribution < 1.29 is 4.74 Å². The van der Waals surface area contributed by atoms with E-state index in [2.05, 4.69) is 43.3 Å². The largest absolute Gasteiger partial charge is 0.496 e. The van der Waals surface area contributed by atoms with E-state index >= 15 is 0 Å². The summed E-state index contributed by atoms with van der Waals surface area (Å²) in [6.07, 6.45) is 3.81. The number of rotatable bonds is 9. The van der Waals surface area contributed by atoms with Crippen molar-refractivity contribution in [3.05, 3.63) is 49.1 Å². The van der Waals surface area contributed by atoms with Crippen molar-refractivity contribution in [2.24, 2.45) is 0 Å². The third kappa shape index (κ3) is 3.87. The lowest BCUT2D eigenvalue weighted by atomic mass is 10.0. The molecule has 1 atom stereocenters. The van der Waals surface area contributed by atoms with Crippen LogP contribution in [0.1, 0.15) is 25.5 Å². The Morgan fingerprint density at radius 2 is 1.95 bits per heavy atom. The molecule has 1 aromatic rings. The molecule has 3 heteroatoms. The van der Waals surface area contributed by atoms with E-state index < -0.39 is 0 Å². The van der Waals surface area contributed by atoms with Crippen LogP contribution in [0.3, 0.4) is 0 Å². The second kappa shape index (κ2) is 8.43. The molecule has 1 N–H and O–H groups in total. The van der Waals surface area contributed by atoms with E-state index in [0.717, 1.165) is 31.1 Å². The maximum absolute atomic E-state index is 5.54. The Kier molecular flexibility index (Phi) is 6.88. The second-order valence-corrected chi connectivity index (χ2v) is 4.65. The molecule has 0 aromatic heterocycles. The predicted octanol–water partition coefficient (Wildman–Crippen LogP) is 3.54. The van der Waals surface area contributed by atoms with Gasteiger partial charge in [-0.2, -0.15) is 0 Å². The van der Waals surface area contributed by atoms with Gasteiger partial charge in [0.2, 0.25) is 0 Å². The van der Waals surface area contributed by atoms with Gasteiger partial charge in [-0.15, -0.1) is 13.2 Å². The van der Waals surface area contributed by atoms with Gasteiger partial charge in [0.25, 0.3) is 0 Å². The van der Waals surface area contributed by atoms with Crippen LogP contribution in [0.5, 0.6) is 5.75 Å². The highest BCUT2D eigenvalue weighted by molar-refractivity contribution is 5.61. The summed E-state index contributed by atoms with van der Waals surface area (Å²) in [7, 11) is 1.71. The first-order valence-electron chi connectivity index (χ1n) is 7.06. The van der Waals surface area contributed by atoms with Crippen LogP contribution >= 0.6 is 0 Å². The van der Waals surface area contributed by atoms with Crippen LogP contribution in [0, 0.1) is 0 Å². The van der Waals surface area contributed by atoms with Gasteiger partial charge in [-0.3, -0.25) is 0 Å². The maximum Gasteiger partial charge on any atom is 0.125 e. The molecule has 0 fully saturated rings. The molecule has 0 aliphatic heterocycles. The van der Waals surface area contributed by atoms with Crippen LogP contribution in [0.2, 0.25) is 0 Å². The van der Waals surface area contributed by atoms with Gasteiger partial charge in [-0.25, -0.2) is 0 Å². The summed E-state index contributed by atoms with van der Waals surface area (Å²) in [6, 6.07) is 6.38. The summed E-state index contributed by atoms with van der Waals surface area (Å²) in [5.74, 6) is 0.911. The van der Waals surface area contributed by atoms with Crippen molar-refractivity contribution in [2.45, 2.75) is 19.9 Å². The van der Waals surface area contributed by atoms with Crippen LogP contribution in [-0.4, -0.2) is 26.7 Å². The average molecular weight is 274 g/mol. The quantitative estimate of drug-likeness (QED) is 0.697. The first-order chi connectivity index (χ1) is 9.69. The van der Waals surface area contributed by atoms with E-state index in [4.69, 9.17) is 4.74 Å². The van der Waals surface area contributed by atoms with Gasteiger partial charge in [0, 0.05) is 30.4 Å². The summed E-state index contributed by atoms with van der Waals surface area (Å²) in [5.41, 5.74) is 2.35. The van der Waals surface area contributed by atoms with Crippen molar-refractivity contribution >= 4 is 5.69 Å². The second-order valence-electron chi connectivity index (χ2n) is 4.65. The van der Waals surface area contributed by atoms with E-state index in [1.807, 2.05) is 24.3 Å². The molecule has 1 aromatic carbocycles. The smallest absolute Gasteiger partial charge is 0.125 e. The lowest BCUT2D eigenvalue weighted by Crippen LogP contribution is -2.27. The first-order valence-corrected chi connectivity index (χ1v) is 7.06. The summed E-state index contributed by atoms with van der Waals surface area (Å²) >= 11 is 0. The van der Waals surface area contributed by atoms with Crippen molar-refractivity contribution in [1.29, 1.82) is 0 Å². The van der Waals surface area contributed by atoms with Gasteiger partial charge in [0.05, 0.1) is 7.11 Å². The molecule has 0 bridgehead atoms. The SMILES string of the molecule is C=CCN(CC=C)c1cccc(OC)c1C(C)NCC. The van der Waals surface area contributed by atoms with Crippen LogP contribution in [0.4, 0.5) is 5.69 Å². The van der Waals surface area contributed by atoms with Crippen molar-refractivity contribution in [3.8, 4) is 5.75 Å². The normalized spacial score (nSPS) is 11.8. The molecule has 110 valence electrons. The lowest BCUT2D eigenvalue weighted by molar-refractivity contribution is 0.402. The number of hydrogen-bond acceptors (Lipinski definition) is 3. The Morgan fingerprint density at radius 3 is 2.45 bits per heavy atom. The Hall–Kier alpha value is -1.74. The molecule has 0 saturated heterocycles. The molecule has 0 radical (unpaired) electrons. The van der Waals surface area contributed by atoms with Crippen LogP contribution in [0.15, 0.2) is 43.5 Å². The number of nitrogens with one attached hydrogen (secondary N) is 1. The molecule has 0 aliphatic carbocycles. The summed E-state index contributed by atoms with van der Waals surface area (Å²) in [4.78, 5) is 2.24. The highest BCUT2D eigenvalue weighted by atomic mass is 16.5. The van der Waals surface area contributed by atoms with Crippen molar-refractivity contribution in [3.63, 3.8) is 0 Å². The van der Waals surface area contributed by atoms with Gasteiger partial charge in [0.15, 0.2) is 0 Å². The fourth-order valence-corrected chi connectivity index (χ4v) is 2.41. The van der Waals surface area contributed by atoms with E-state index in [1.165, 1.54) is 5.56 Å². The summed E-state index contributed by atoms with van der Waals surface area (Å²) < 4.78 is 5.54. The monoisotopic (exact) mass is 274 g/mol. The Labute approximate surface area is 122 Å². The zero-order chi connectivity index (χ0) is 15.0. The third-order valence-corrected chi connectivity index (χ3v) is 3.25. The molecular formula is C17H26N2O. The maximum atomic E-state index is 5.54. The minimum atomic E-state index is 0.225. The van der Waals surface area contributed by atoms with Crippen LogP contribution < -0.4 is 15.0 Å². The Balaban J connectivity index is 3.27. The number of hydrogen-bond donors (Lipinski definition) is 1. The average Bonchev–Trinajstić information content (AvgIpc) is 2.46. The minimum Gasteiger partial charge on any atom is -0.496 e. The van der Waals surface area contributed by atoms with E-state index in [1.54, 1.807) is 7.11 Å². The molecule has 0 amide bonds. The van der Waals surface area contributed by atoms with Crippen LogP contribution in [0.25, 0.3) is 0 Å². The number of methoxy groups -OCH3 is 1. The van der Waals surface area contributed by atoms with Gasteiger partial charge < -0.3 is 15.0 Å². The number of ether oxygens (including phenoxy) is 1. The highest BCUT2D eigenvalue weighted by Crippen LogP contribution is 2.34. The van der Waals surface area contributed by atoms with Gasteiger partial charge in [-0.1, -0.05) is 25.1 Å². The lowest BCUT2D eigenvalue weighted by Gasteiger charge is -2.28. The summed E-state index contributed by atoms with van der Waals surface area (Å²) in [5, 5.41) is 3.46. The molecule has 3 nitrogen and oxygen atoms in total. The predicted molar refractivity (Wildman–Crippen MR) is 87.7 cm³/mol. The summed E-state index contributed by atoms with van der Waals surface area (Å²) in [6.45, 7) is 14.4. The number of benzene rings is 1. The fourth-order valence-electron chi connectivity index (χ4n) is 2.41. The first kappa shape index (κ1) is 16.3. The van der Waals surface area contributed by atoms with Crippen LogP contribution in [-0.2, 0) is 0 Å². The standard InChI is InChI=1S/C17H26N2O/c1-6-12-19(13-7-2)15-10-9-11-16(20-5)17(15)14(4)18-8-3/h6-7,9-11,14,18H,1-2,8,12-13H2,3-5H3. The molecule has 0 aliphatic rings. The Bertz CT molecular complexity index is 433. The Morgan fingerprint density at radius 1 is 1.30 bits per heavy atom. The molecule has 1 unspecified atom stereocenters. The molecule has 0 spiro atoms. The van der Waals surface area contributed by atoms with E-state index in [9.17, 15) is 0 Å². The topological polar surface area (TPSA) is 24.5 Å². The molecule has 0 saturated carbocycles. The number of anilines is 1. The zero-order valence-electron chi connectivity index (χ0n) is 12.9. The highest BCUT2D eigenvalue weighted by Gasteiger charge is 2.18. The zero-order valence-corrected chi connectivity index (χ0v) is 12.9. The van der Waals surface area contributed by atoms with Crippen molar-refractivity contribution in [1.82, 2.24) is 5.32 Å². The minimum absolute atomic E-state index is 0.225. The van der Waals surface area contributed by atoms with Crippen molar-refractivity contribution in [2.75, 3.05) is 31.6 Å². The molecule has 20 heavy (non-hydrogen) atoms. The van der Waals surface area contributed by atoms with Gasteiger partial charge in [-0.05, 0) is 25.6 Å². The third-order valence-electron chi connectivity index (χ3n) is 3.25. The van der Waals surface area contributed by atoms with E-state index in [0.29, 0.717) is 0 Å². The fraction of sp³-hybridized carbons (Fsp3) is 0.412. The molecule has 1 rings (SSSR count). The van der Waals surface area contributed by atoms with Gasteiger partial charge in [0.1, 0.15) is 5.75 Å².